The molecule has 4 rings (SSSR count). The number of nitrogens with one attached hydrogen (secondary N) is 2. The highest BCUT2D eigenvalue weighted by atomic mass is 32.2. The standard InChI is InChI=1S/C22H17F3N4O3S2/c23-22(24,25)33(30)29-16-9-5-14(6-10-16)7-12-21-27-18-11-8-15(13-19(18)28-21)17-3-1-2-4-20(17)34(26,31)32/h1-13,29H,(H,27,28)(H2,26,31,32)/b12-7+. The molecule has 0 bridgehead atoms. The van der Waals surface area contributed by atoms with Crippen molar-refractivity contribution < 1.29 is 25.8 Å². The molecule has 4 aromatic rings. The second kappa shape index (κ2) is 9.05. The van der Waals surface area contributed by atoms with Crippen molar-refractivity contribution in [2.75, 3.05) is 4.72 Å². The molecule has 0 amide bonds. The van der Waals surface area contributed by atoms with Crippen LogP contribution in [0.1, 0.15) is 11.4 Å². The van der Waals surface area contributed by atoms with E-state index in [-0.39, 0.29) is 10.6 Å². The van der Waals surface area contributed by atoms with Crippen molar-refractivity contribution in [1.29, 1.82) is 0 Å². The number of alkyl halides is 3. The van der Waals surface area contributed by atoms with Crippen LogP contribution in [0, 0.1) is 0 Å². The first-order valence-electron chi connectivity index (χ1n) is 9.66. The lowest BCUT2D eigenvalue weighted by atomic mass is 10.1. The van der Waals surface area contributed by atoms with Crippen molar-refractivity contribution >= 4 is 49.9 Å². The normalized spacial score (nSPS) is 13.4. The number of hydrogen-bond acceptors (Lipinski definition) is 4. The van der Waals surface area contributed by atoms with E-state index in [1.807, 2.05) is 4.72 Å². The van der Waals surface area contributed by atoms with Gasteiger partial charge in [0.1, 0.15) is 5.82 Å². The summed E-state index contributed by atoms with van der Waals surface area (Å²) in [4.78, 5) is 7.61. The summed E-state index contributed by atoms with van der Waals surface area (Å²) in [6, 6.07) is 17.6. The summed E-state index contributed by atoms with van der Waals surface area (Å²) in [5.74, 6) is 0.521. The number of nitrogens with zero attached hydrogens (tertiary/aromatic N) is 1. The Kier molecular flexibility index (Phi) is 6.30. The molecule has 0 radical (unpaired) electrons. The number of nitrogens with two attached hydrogens (primary N) is 1. The van der Waals surface area contributed by atoms with Crippen LogP contribution in [0.4, 0.5) is 18.9 Å². The maximum absolute atomic E-state index is 12.4. The topological polar surface area (TPSA) is 118 Å². The number of primary sulfonamides is 1. The highest BCUT2D eigenvalue weighted by molar-refractivity contribution is 7.89. The third-order valence-corrected chi connectivity index (χ3v) is 6.58. The molecule has 0 aliphatic rings. The molecule has 34 heavy (non-hydrogen) atoms. The van der Waals surface area contributed by atoms with Crippen LogP contribution in [0.5, 0.6) is 0 Å². The number of rotatable bonds is 6. The molecular formula is C22H17F3N4O3S2. The van der Waals surface area contributed by atoms with Gasteiger partial charge in [0.15, 0.2) is 0 Å². The molecule has 1 atom stereocenters. The zero-order chi connectivity index (χ0) is 24.5. The number of aromatic amines is 1. The van der Waals surface area contributed by atoms with Crippen molar-refractivity contribution in [2.24, 2.45) is 5.14 Å². The van der Waals surface area contributed by atoms with Crippen molar-refractivity contribution in [3.05, 3.63) is 78.1 Å². The summed E-state index contributed by atoms with van der Waals surface area (Å²) in [5.41, 5.74) is -1.63. The number of sulfonamides is 1. The number of hydrogen-bond donors (Lipinski definition) is 3. The fourth-order valence-electron chi connectivity index (χ4n) is 3.23. The summed E-state index contributed by atoms with van der Waals surface area (Å²) in [7, 11) is -7.08. The van der Waals surface area contributed by atoms with Gasteiger partial charge in [-0.1, -0.05) is 42.5 Å². The molecule has 0 fully saturated rings. The Morgan fingerprint density at radius 1 is 1.00 bits per heavy atom. The van der Waals surface area contributed by atoms with Crippen LogP contribution in [-0.2, 0) is 21.0 Å². The van der Waals surface area contributed by atoms with Crippen LogP contribution < -0.4 is 9.86 Å². The Labute approximate surface area is 195 Å². The van der Waals surface area contributed by atoms with E-state index >= 15 is 0 Å². The molecular weight excluding hydrogens is 489 g/mol. The predicted octanol–water partition coefficient (Wildman–Crippen LogP) is 4.64. The van der Waals surface area contributed by atoms with E-state index in [0.29, 0.717) is 33.5 Å². The highest BCUT2D eigenvalue weighted by Gasteiger charge is 2.37. The zero-order valence-electron chi connectivity index (χ0n) is 17.2. The lowest BCUT2D eigenvalue weighted by molar-refractivity contribution is -0.0379. The molecule has 0 aliphatic heterocycles. The lowest BCUT2D eigenvalue weighted by Gasteiger charge is -2.08. The van der Waals surface area contributed by atoms with E-state index in [0.717, 1.165) is 0 Å². The van der Waals surface area contributed by atoms with E-state index in [1.54, 1.807) is 60.7 Å². The van der Waals surface area contributed by atoms with Gasteiger partial charge in [0, 0.05) is 11.3 Å². The molecule has 176 valence electrons. The number of aromatic nitrogens is 2. The lowest BCUT2D eigenvalue weighted by Crippen LogP contribution is -2.22. The van der Waals surface area contributed by atoms with Crippen molar-refractivity contribution in [2.45, 2.75) is 10.4 Å². The monoisotopic (exact) mass is 506 g/mol. The second-order valence-corrected chi connectivity index (χ2v) is 9.90. The number of imidazole rings is 1. The van der Waals surface area contributed by atoms with E-state index < -0.39 is 26.5 Å². The molecule has 1 heterocycles. The first-order chi connectivity index (χ1) is 16.0. The molecule has 4 N–H and O–H groups in total. The van der Waals surface area contributed by atoms with Crippen LogP contribution in [0.2, 0.25) is 0 Å². The minimum atomic E-state index is -4.85. The second-order valence-electron chi connectivity index (χ2n) is 7.17. The van der Waals surface area contributed by atoms with Gasteiger partial charge in [-0.3, -0.25) is 4.72 Å². The average molecular weight is 507 g/mol. The summed E-state index contributed by atoms with van der Waals surface area (Å²) >= 11 is 0. The van der Waals surface area contributed by atoms with Crippen LogP contribution >= 0.6 is 0 Å². The van der Waals surface area contributed by atoms with E-state index in [1.165, 1.54) is 18.2 Å². The van der Waals surface area contributed by atoms with Gasteiger partial charge >= 0.3 is 5.51 Å². The van der Waals surface area contributed by atoms with Crippen molar-refractivity contribution in [3.8, 4) is 11.1 Å². The van der Waals surface area contributed by atoms with Gasteiger partial charge in [0.25, 0.3) is 0 Å². The largest absolute Gasteiger partial charge is 0.490 e. The van der Waals surface area contributed by atoms with Gasteiger partial charge in [0.05, 0.1) is 15.9 Å². The molecule has 0 aliphatic carbocycles. The Morgan fingerprint density at radius 3 is 2.38 bits per heavy atom. The van der Waals surface area contributed by atoms with E-state index in [9.17, 15) is 25.8 Å². The minimum absolute atomic E-state index is 0.0194. The van der Waals surface area contributed by atoms with Gasteiger partial charge in [0.2, 0.25) is 21.0 Å². The zero-order valence-corrected chi connectivity index (χ0v) is 18.8. The Hall–Kier alpha value is -3.48. The van der Waals surface area contributed by atoms with Gasteiger partial charge in [-0.15, -0.1) is 0 Å². The van der Waals surface area contributed by atoms with Gasteiger partial charge in [-0.05, 0) is 47.5 Å². The Balaban J connectivity index is 1.55. The summed E-state index contributed by atoms with van der Waals surface area (Å²) in [5, 5.41) is 5.33. The van der Waals surface area contributed by atoms with Crippen LogP contribution in [0.3, 0.4) is 0 Å². The van der Waals surface area contributed by atoms with Crippen LogP contribution in [0.25, 0.3) is 34.3 Å². The third-order valence-electron chi connectivity index (χ3n) is 4.77. The van der Waals surface area contributed by atoms with Crippen molar-refractivity contribution in [1.82, 2.24) is 9.97 Å². The molecule has 0 saturated carbocycles. The van der Waals surface area contributed by atoms with Crippen LogP contribution in [-0.4, -0.2) is 28.1 Å². The number of halogens is 3. The van der Waals surface area contributed by atoms with Gasteiger partial charge in [-0.2, -0.15) is 13.2 Å². The first-order valence-corrected chi connectivity index (χ1v) is 12.4. The number of fused-ring (bicyclic) bond motifs is 1. The van der Waals surface area contributed by atoms with Crippen molar-refractivity contribution in [3.63, 3.8) is 0 Å². The maximum Gasteiger partial charge on any atom is 0.490 e. The summed E-state index contributed by atoms with van der Waals surface area (Å²) in [6.45, 7) is 0. The third kappa shape index (κ3) is 5.35. The fraction of sp³-hybridized carbons (Fsp3) is 0.0455. The number of anilines is 1. The Bertz CT molecular complexity index is 1510. The van der Waals surface area contributed by atoms with Gasteiger partial charge < -0.3 is 4.98 Å². The molecule has 0 spiro atoms. The molecule has 3 aromatic carbocycles. The SMILES string of the molecule is NS(=O)(=O)c1ccccc1-c1ccc2nc(/C=C/c3ccc(NS(=O)C(F)(F)F)cc3)[nH]c2c1. The van der Waals surface area contributed by atoms with Crippen LogP contribution in [0.15, 0.2) is 71.6 Å². The molecule has 7 nitrogen and oxygen atoms in total. The fourth-order valence-corrected chi connectivity index (χ4v) is 4.46. The Morgan fingerprint density at radius 2 is 1.71 bits per heavy atom. The highest BCUT2D eigenvalue weighted by Crippen LogP contribution is 2.29. The average Bonchev–Trinajstić information content (AvgIpc) is 3.19. The van der Waals surface area contributed by atoms with E-state index in [2.05, 4.69) is 9.97 Å². The predicted molar refractivity (Wildman–Crippen MR) is 126 cm³/mol. The summed E-state index contributed by atoms with van der Waals surface area (Å²) in [6.07, 6.45) is 3.40. The molecule has 1 aromatic heterocycles. The van der Waals surface area contributed by atoms with Gasteiger partial charge in [-0.25, -0.2) is 22.7 Å². The number of H-pyrrole nitrogens is 1. The minimum Gasteiger partial charge on any atom is -0.338 e. The smallest absolute Gasteiger partial charge is 0.338 e. The summed E-state index contributed by atoms with van der Waals surface area (Å²) < 4.78 is 74.0. The number of benzene rings is 3. The maximum atomic E-state index is 12.4. The molecule has 1 unspecified atom stereocenters. The molecule has 12 heteroatoms. The molecule has 0 saturated heterocycles. The quantitative estimate of drug-likeness (QED) is 0.353. The first kappa shape index (κ1) is 23.7. The van der Waals surface area contributed by atoms with E-state index in [4.69, 9.17) is 5.14 Å².